The molecule has 1 heterocycles. The van der Waals surface area contributed by atoms with Crippen molar-refractivity contribution in [3.63, 3.8) is 0 Å². The first-order valence-corrected chi connectivity index (χ1v) is 6.02. The van der Waals surface area contributed by atoms with E-state index in [1.54, 1.807) is 0 Å². The van der Waals surface area contributed by atoms with Gasteiger partial charge < -0.3 is 10.6 Å². The average Bonchev–Trinajstić information content (AvgIpc) is 2.35. The van der Waals surface area contributed by atoms with Gasteiger partial charge >= 0.3 is 0 Å². The number of hydrogen-bond acceptors (Lipinski definition) is 4. The van der Waals surface area contributed by atoms with Gasteiger partial charge in [0, 0.05) is 17.6 Å². The largest absolute Gasteiger partial charge is 0.373 e. The van der Waals surface area contributed by atoms with Crippen molar-refractivity contribution >= 4 is 33.3 Å². The number of aromatic nitrogens is 2. The van der Waals surface area contributed by atoms with Gasteiger partial charge in [-0.05, 0) is 34.5 Å². The van der Waals surface area contributed by atoms with Crippen molar-refractivity contribution in [3.8, 4) is 0 Å². The van der Waals surface area contributed by atoms with Crippen molar-refractivity contribution in [3.05, 3.63) is 40.6 Å². The minimum Gasteiger partial charge on any atom is -0.373 e. The van der Waals surface area contributed by atoms with Crippen LogP contribution >= 0.6 is 15.9 Å². The summed E-state index contributed by atoms with van der Waals surface area (Å²) in [5.74, 6) is 1.54. The molecule has 5 heteroatoms. The molecule has 0 saturated carbocycles. The fourth-order valence-electron chi connectivity index (χ4n) is 1.44. The smallest absolute Gasteiger partial charge is 0.135 e. The standard InChI is InChI=1S/C12H13BrN4/c1-8-4-3-5-9(12(8)13)17-11-6-10(14-2)15-7-16-11/h3-7H,1-2H3,(H2,14,15,16,17). The summed E-state index contributed by atoms with van der Waals surface area (Å²) < 4.78 is 1.05. The third-order valence-corrected chi connectivity index (χ3v) is 3.43. The molecule has 17 heavy (non-hydrogen) atoms. The van der Waals surface area contributed by atoms with Gasteiger partial charge in [-0.15, -0.1) is 0 Å². The summed E-state index contributed by atoms with van der Waals surface area (Å²) in [7, 11) is 1.83. The third-order valence-electron chi connectivity index (χ3n) is 2.38. The molecule has 1 aromatic carbocycles. The second-order valence-electron chi connectivity index (χ2n) is 3.60. The molecule has 4 nitrogen and oxygen atoms in total. The second kappa shape index (κ2) is 5.14. The van der Waals surface area contributed by atoms with Crippen LogP contribution in [-0.2, 0) is 0 Å². The van der Waals surface area contributed by atoms with Gasteiger partial charge in [-0.3, -0.25) is 0 Å². The number of aryl methyl sites for hydroxylation is 1. The van der Waals surface area contributed by atoms with Crippen molar-refractivity contribution in [1.82, 2.24) is 9.97 Å². The van der Waals surface area contributed by atoms with Crippen LogP contribution in [0.2, 0.25) is 0 Å². The Morgan fingerprint density at radius 2 is 1.94 bits per heavy atom. The number of rotatable bonds is 3. The van der Waals surface area contributed by atoms with Crippen LogP contribution in [0.5, 0.6) is 0 Å². The van der Waals surface area contributed by atoms with Gasteiger partial charge in [-0.25, -0.2) is 9.97 Å². The number of anilines is 3. The lowest BCUT2D eigenvalue weighted by molar-refractivity contribution is 1.16. The number of halogens is 1. The van der Waals surface area contributed by atoms with E-state index in [1.807, 2.05) is 38.2 Å². The molecule has 0 fully saturated rings. The summed E-state index contributed by atoms with van der Waals surface area (Å²) in [6.07, 6.45) is 1.53. The van der Waals surface area contributed by atoms with Gasteiger partial charge in [0.15, 0.2) is 0 Å². The van der Waals surface area contributed by atoms with Crippen molar-refractivity contribution in [1.29, 1.82) is 0 Å². The molecule has 0 spiro atoms. The van der Waals surface area contributed by atoms with E-state index in [9.17, 15) is 0 Å². The molecule has 0 aliphatic carbocycles. The Morgan fingerprint density at radius 3 is 2.71 bits per heavy atom. The summed E-state index contributed by atoms with van der Waals surface area (Å²) in [4.78, 5) is 8.24. The van der Waals surface area contributed by atoms with Gasteiger partial charge in [0.05, 0.1) is 5.69 Å². The Morgan fingerprint density at radius 1 is 1.18 bits per heavy atom. The minimum absolute atomic E-state index is 0.760. The van der Waals surface area contributed by atoms with Crippen molar-refractivity contribution in [2.24, 2.45) is 0 Å². The third kappa shape index (κ3) is 2.74. The molecule has 0 aliphatic heterocycles. The van der Waals surface area contributed by atoms with Gasteiger partial charge in [-0.2, -0.15) is 0 Å². The molecule has 1 aromatic heterocycles. The van der Waals surface area contributed by atoms with Gasteiger partial charge in [-0.1, -0.05) is 12.1 Å². The Bertz CT molecular complexity index is 528. The van der Waals surface area contributed by atoms with Crippen LogP contribution in [0.1, 0.15) is 5.56 Å². The quantitative estimate of drug-likeness (QED) is 0.911. The molecule has 2 aromatic rings. The molecule has 0 unspecified atom stereocenters. The van der Waals surface area contributed by atoms with Crippen LogP contribution in [0.15, 0.2) is 35.1 Å². The van der Waals surface area contributed by atoms with E-state index in [-0.39, 0.29) is 0 Å². The maximum absolute atomic E-state index is 4.17. The van der Waals surface area contributed by atoms with Gasteiger partial charge in [0.25, 0.3) is 0 Å². The van der Waals surface area contributed by atoms with E-state index < -0.39 is 0 Å². The van der Waals surface area contributed by atoms with E-state index in [1.165, 1.54) is 11.9 Å². The minimum atomic E-state index is 0.760. The molecule has 0 atom stereocenters. The topological polar surface area (TPSA) is 49.8 Å². The average molecular weight is 293 g/mol. The van der Waals surface area contributed by atoms with Crippen molar-refractivity contribution in [2.45, 2.75) is 6.92 Å². The summed E-state index contributed by atoms with van der Waals surface area (Å²) >= 11 is 3.55. The zero-order valence-electron chi connectivity index (χ0n) is 9.66. The lowest BCUT2D eigenvalue weighted by Gasteiger charge is -2.10. The molecule has 0 aliphatic rings. The maximum Gasteiger partial charge on any atom is 0.135 e. The highest BCUT2D eigenvalue weighted by molar-refractivity contribution is 9.10. The Balaban J connectivity index is 2.28. The predicted octanol–water partition coefficient (Wildman–Crippen LogP) is 3.33. The van der Waals surface area contributed by atoms with Crippen LogP contribution in [0.3, 0.4) is 0 Å². The first kappa shape index (κ1) is 11.9. The lowest BCUT2D eigenvalue weighted by Crippen LogP contribution is -1.98. The highest BCUT2D eigenvalue weighted by Gasteiger charge is 2.03. The fourth-order valence-corrected chi connectivity index (χ4v) is 1.81. The van der Waals surface area contributed by atoms with Crippen LogP contribution in [0.25, 0.3) is 0 Å². The molecule has 2 N–H and O–H groups in total. The first-order chi connectivity index (χ1) is 8.20. The van der Waals surface area contributed by atoms with E-state index in [0.717, 1.165) is 21.8 Å². The summed E-state index contributed by atoms with van der Waals surface area (Å²) in [6, 6.07) is 7.91. The van der Waals surface area contributed by atoms with Gasteiger partial charge in [0.2, 0.25) is 0 Å². The molecule has 0 bridgehead atoms. The summed E-state index contributed by atoms with van der Waals surface area (Å²) in [5, 5.41) is 6.23. The van der Waals surface area contributed by atoms with Crippen LogP contribution < -0.4 is 10.6 Å². The van der Waals surface area contributed by atoms with E-state index in [0.29, 0.717) is 0 Å². The summed E-state index contributed by atoms with van der Waals surface area (Å²) in [5.41, 5.74) is 2.17. The van der Waals surface area contributed by atoms with Crippen molar-refractivity contribution < 1.29 is 0 Å². The highest BCUT2D eigenvalue weighted by Crippen LogP contribution is 2.28. The molecule has 0 amide bonds. The fraction of sp³-hybridized carbons (Fsp3) is 0.167. The SMILES string of the molecule is CNc1cc(Nc2cccc(C)c2Br)ncn1. The Kier molecular flexibility index (Phi) is 3.58. The number of nitrogens with one attached hydrogen (secondary N) is 2. The lowest BCUT2D eigenvalue weighted by atomic mass is 10.2. The molecule has 88 valence electrons. The molecule has 0 saturated heterocycles. The van der Waals surface area contributed by atoms with E-state index in [2.05, 4.69) is 36.5 Å². The molecule has 2 rings (SSSR count). The first-order valence-electron chi connectivity index (χ1n) is 5.22. The zero-order chi connectivity index (χ0) is 12.3. The monoisotopic (exact) mass is 292 g/mol. The summed E-state index contributed by atoms with van der Waals surface area (Å²) in [6.45, 7) is 2.05. The zero-order valence-corrected chi connectivity index (χ0v) is 11.2. The van der Waals surface area contributed by atoms with E-state index >= 15 is 0 Å². The Labute approximate surface area is 109 Å². The van der Waals surface area contributed by atoms with Crippen LogP contribution in [0, 0.1) is 6.92 Å². The van der Waals surface area contributed by atoms with Crippen molar-refractivity contribution in [2.75, 3.05) is 17.7 Å². The number of hydrogen-bond donors (Lipinski definition) is 2. The second-order valence-corrected chi connectivity index (χ2v) is 4.39. The van der Waals surface area contributed by atoms with Gasteiger partial charge in [0.1, 0.15) is 18.0 Å². The number of nitrogens with zero attached hydrogens (tertiary/aromatic N) is 2. The normalized spacial score (nSPS) is 10.1. The number of benzene rings is 1. The molecular weight excluding hydrogens is 280 g/mol. The maximum atomic E-state index is 4.17. The molecule has 0 radical (unpaired) electrons. The highest BCUT2D eigenvalue weighted by atomic mass is 79.9. The van der Waals surface area contributed by atoms with E-state index in [4.69, 9.17) is 0 Å². The predicted molar refractivity (Wildman–Crippen MR) is 73.7 cm³/mol. The van der Waals surface area contributed by atoms with Crippen LogP contribution in [0.4, 0.5) is 17.3 Å². The Hall–Kier alpha value is -1.62. The molecular formula is C12H13BrN4. The van der Waals surface area contributed by atoms with Crippen LogP contribution in [-0.4, -0.2) is 17.0 Å².